The maximum absolute atomic E-state index is 14.4. The zero-order valence-electron chi connectivity index (χ0n) is 18.8. The molecule has 0 saturated carbocycles. The summed E-state index contributed by atoms with van der Waals surface area (Å²) in [6.07, 6.45) is 1.09. The van der Waals surface area contributed by atoms with Gasteiger partial charge in [-0.25, -0.2) is 4.39 Å². The number of nitrogens with zero attached hydrogens (tertiary/aromatic N) is 2. The molecule has 3 aromatic rings. The molecule has 0 atom stereocenters. The molecule has 4 rings (SSSR count). The monoisotopic (exact) mass is 470 g/mol. The Morgan fingerprint density at radius 1 is 1.00 bits per heavy atom. The predicted molar refractivity (Wildman–Crippen MR) is 126 cm³/mol. The number of aryl methyl sites for hydroxylation is 1. The lowest BCUT2D eigenvalue weighted by atomic mass is 10.1. The van der Waals surface area contributed by atoms with E-state index in [-0.39, 0.29) is 24.2 Å². The molecular formula is C25H27FN2O4S. The minimum absolute atomic E-state index is 0.0851. The van der Waals surface area contributed by atoms with Gasteiger partial charge in [-0.1, -0.05) is 18.2 Å². The molecule has 1 aliphatic heterocycles. The van der Waals surface area contributed by atoms with E-state index in [4.69, 9.17) is 9.47 Å². The molecule has 0 N–H and O–H groups in total. The van der Waals surface area contributed by atoms with E-state index in [9.17, 15) is 14.0 Å². The van der Waals surface area contributed by atoms with Crippen LogP contribution in [0.1, 0.15) is 27.2 Å². The Kier molecular flexibility index (Phi) is 7.25. The zero-order valence-corrected chi connectivity index (χ0v) is 19.6. The van der Waals surface area contributed by atoms with E-state index < -0.39 is 0 Å². The standard InChI is InChI=1S/C25H27FN2O4S/c1-31-16-19-23-20(26)4-3-5-21(23)33-24(19)25(30)28-14-12-27(13-15-28)22(29)11-8-17-6-9-18(32-2)10-7-17/h3-7,9-10H,8,11-16H2,1-2H3. The summed E-state index contributed by atoms with van der Waals surface area (Å²) < 4.78 is 25.6. The second-order valence-electron chi connectivity index (χ2n) is 7.98. The number of fused-ring (bicyclic) bond motifs is 1. The summed E-state index contributed by atoms with van der Waals surface area (Å²) in [4.78, 5) is 30.0. The third-order valence-corrected chi connectivity index (χ3v) is 7.14. The first-order valence-electron chi connectivity index (χ1n) is 10.9. The zero-order chi connectivity index (χ0) is 23.4. The van der Waals surface area contributed by atoms with Crippen LogP contribution in [-0.2, 0) is 22.6 Å². The molecule has 0 unspecified atom stereocenters. The Hall–Kier alpha value is -2.97. The number of thiophene rings is 1. The van der Waals surface area contributed by atoms with Crippen molar-refractivity contribution in [3.05, 3.63) is 64.3 Å². The molecule has 0 bridgehead atoms. The largest absolute Gasteiger partial charge is 0.497 e. The highest BCUT2D eigenvalue weighted by Gasteiger charge is 2.28. The average molecular weight is 471 g/mol. The quantitative estimate of drug-likeness (QED) is 0.522. The number of carbonyl (C=O) groups excluding carboxylic acids is 2. The second-order valence-corrected chi connectivity index (χ2v) is 9.03. The minimum atomic E-state index is -0.345. The van der Waals surface area contributed by atoms with Crippen molar-refractivity contribution in [3.63, 3.8) is 0 Å². The van der Waals surface area contributed by atoms with Crippen molar-refractivity contribution in [1.29, 1.82) is 0 Å². The normalized spacial score (nSPS) is 14.0. The highest BCUT2D eigenvalue weighted by atomic mass is 32.1. The van der Waals surface area contributed by atoms with Gasteiger partial charge in [0.2, 0.25) is 5.91 Å². The van der Waals surface area contributed by atoms with Gasteiger partial charge in [0.05, 0.1) is 18.6 Å². The highest BCUT2D eigenvalue weighted by Crippen LogP contribution is 2.34. The molecule has 8 heteroatoms. The number of halogens is 1. The Morgan fingerprint density at radius 3 is 2.36 bits per heavy atom. The SMILES string of the molecule is COCc1c(C(=O)N2CCN(C(=O)CCc3ccc(OC)cc3)CC2)sc2cccc(F)c12. The van der Waals surface area contributed by atoms with Crippen LogP contribution in [0, 0.1) is 5.82 Å². The molecule has 1 aromatic heterocycles. The number of carbonyl (C=O) groups is 2. The van der Waals surface area contributed by atoms with Crippen molar-refractivity contribution < 1.29 is 23.5 Å². The van der Waals surface area contributed by atoms with Gasteiger partial charge in [-0.3, -0.25) is 9.59 Å². The van der Waals surface area contributed by atoms with Crippen LogP contribution in [0.25, 0.3) is 10.1 Å². The summed E-state index contributed by atoms with van der Waals surface area (Å²) in [5.41, 5.74) is 1.68. The molecule has 174 valence electrons. The summed E-state index contributed by atoms with van der Waals surface area (Å²) in [6.45, 7) is 2.07. The summed E-state index contributed by atoms with van der Waals surface area (Å²) in [7, 11) is 3.16. The summed E-state index contributed by atoms with van der Waals surface area (Å²) in [5.74, 6) is 0.401. The molecule has 0 spiro atoms. The summed E-state index contributed by atoms with van der Waals surface area (Å²) >= 11 is 1.29. The Labute approximate surface area is 196 Å². The first kappa shape index (κ1) is 23.2. The molecule has 33 heavy (non-hydrogen) atoms. The Morgan fingerprint density at radius 2 is 1.70 bits per heavy atom. The van der Waals surface area contributed by atoms with Gasteiger partial charge in [-0.15, -0.1) is 11.3 Å². The van der Waals surface area contributed by atoms with Gasteiger partial charge in [0, 0.05) is 55.4 Å². The number of ether oxygens (including phenoxy) is 2. The van der Waals surface area contributed by atoms with E-state index in [1.54, 1.807) is 18.1 Å². The lowest BCUT2D eigenvalue weighted by Gasteiger charge is -2.34. The van der Waals surface area contributed by atoms with Crippen LogP contribution in [0.3, 0.4) is 0 Å². The maximum atomic E-state index is 14.4. The van der Waals surface area contributed by atoms with E-state index in [0.717, 1.165) is 16.0 Å². The van der Waals surface area contributed by atoms with Gasteiger partial charge in [-0.2, -0.15) is 0 Å². The van der Waals surface area contributed by atoms with Crippen molar-refractivity contribution in [3.8, 4) is 5.75 Å². The van der Waals surface area contributed by atoms with Crippen LogP contribution < -0.4 is 4.74 Å². The van der Waals surface area contributed by atoms with E-state index in [1.807, 2.05) is 35.2 Å². The van der Waals surface area contributed by atoms with Crippen LogP contribution in [0.4, 0.5) is 4.39 Å². The van der Waals surface area contributed by atoms with Crippen molar-refractivity contribution >= 4 is 33.2 Å². The lowest BCUT2D eigenvalue weighted by molar-refractivity contribution is -0.132. The van der Waals surface area contributed by atoms with Crippen LogP contribution in [0.15, 0.2) is 42.5 Å². The van der Waals surface area contributed by atoms with Gasteiger partial charge < -0.3 is 19.3 Å². The van der Waals surface area contributed by atoms with Crippen molar-refractivity contribution in [1.82, 2.24) is 9.80 Å². The van der Waals surface area contributed by atoms with Crippen LogP contribution >= 0.6 is 11.3 Å². The van der Waals surface area contributed by atoms with E-state index >= 15 is 0 Å². The molecule has 2 heterocycles. The van der Waals surface area contributed by atoms with Crippen LogP contribution in [0.2, 0.25) is 0 Å². The van der Waals surface area contributed by atoms with Crippen molar-refractivity contribution in [2.24, 2.45) is 0 Å². The van der Waals surface area contributed by atoms with E-state index in [1.165, 1.54) is 24.5 Å². The van der Waals surface area contributed by atoms with Crippen LogP contribution in [-0.4, -0.2) is 62.0 Å². The highest BCUT2D eigenvalue weighted by molar-refractivity contribution is 7.21. The first-order valence-corrected chi connectivity index (χ1v) is 11.7. The number of methoxy groups -OCH3 is 2. The topological polar surface area (TPSA) is 59.1 Å². The van der Waals surface area contributed by atoms with Gasteiger partial charge >= 0.3 is 0 Å². The fourth-order valence-electron chi connectivity index (χ4n) is 4.13. The minimum Gasteiger partial charge on any atom is -0.497 e. The molecule has 1 fully saturated rings. The van der Waals surface area contributed by atoms with Gasteiger partial charge in [0.25, 0.3) is 5.91 Å². The number of rotatable bonds is 7. The number of amides is 2. The second kappa shape index (κ2) is 10.3. The first-order chi connectivity index (χ1) is 16.0. The fourth-order valence-corrected chi connectivity index (χ4v) is 5.32. The number of benzene rings is 2. The smallest absolute Gasteiger partial charge is 0.264 e. The Bertz CT molecular complexity index is 1140. The van der Waals surface area contributed by atoms with Crippen molar-refractivity contribution in [2.75, 3.05) is 40.4 Å². The van der Waals surface area contributed by atoms with Gasteiger partial charge in [0.15, 0.2) is 0 Å². The molecule has 1 saturated heterocycles. The van der Waals surface area contributed by atoms with Crippen LogP contribution in [0.5, 0.6) is 5.75 Å². The average Bonchev–Trinajstić information content (AvgIpc) is 3.22. The Balaban J connectivity index is 1.37. The molecular weight excluding hydrogens is 443 g/mol. The molecule has 2 amide bonds. The fraction of sp³-hybridized carbons (Fsp3) is 0.360. The van der Waals surface area contributed by atoms with Crippen molar-refractivity contribution in [2.45, 2.75) is 19.4 Å². The van der Waals surface area contributed by atoms with Gasteiger partial charge in [-0.05, 0) is 36.2 Å². The van der Waals surface area contributed by atoms with Gasteiger partial charge in [0.1, 0.15) is 11.6 Å². The molecule has 1 aliphatic rings. The molecule has 0 aliphatic carbocycles. The molecule has 2 aromatic carbocycles. The third-order valence-electron chi connectivity index (χ3n) is 5.95. The molecule has 6 nitrogen and oxygen atoms in total. The third kappa shape index (κ3) is 5.02. The maximum Gasteiger partial charge on any atom is 0.264 e. The number of hydrogen-bond donors (Lipinski definition) is 0. The molecule has 0 radical (unpaired) electrons. The number of piperazine rings is 1. The predicted octanol–water partition coefficient (Wildman–Crippen LogP) is 4.11. The summed E-state index contributed by atoms with van der Waals surface area (Å²) in [5, 5.41) is 0.458. The summed E-state index contributed by atoms with van der Waals surface area (Å²) in [6, 6.07) is 12.6. The van der Waals surface area contributed by atoms with E-state index in [2.05, 4.69) is 0 Å². The lowest BCUT2D eigenvalue weighted by Crippen LogP contribution is -2.50. The number of hydrogen-bond acceptors (Lipinski definition) is 5. The van der Waals surface area contributed by atoms with E-state index in [0.29, 0.717) is 54.8 Å².